The molecule has 4 aromatic rings. The smallest absolute Gasteiger partial charge is 0.387 e. The number of anilines is 1. The van der Waals surface area contributed by atoms with Crippen molar-refractivity contribution in [1.82, 2.24) is 29.7 Å². The van der Waals surface area contributed by atoms with Gasteiger partial charge >= 0.3 is 6.61 Å². The lowest BCUT2D eigenvalue weighted by Crippen LogP contribution is -2.41. The molecule has 0 spiro atoms. The van der Waals surface area contributed by atoms with Gasteiger partial charge in [0.25, 0.3) is 5.91 Å². The Morgan fingerprint density at radius 3 is 2.97 bits per heavy atom. The molecule has 2 atom stereocenters. The quantitative estimate of drug-likeness (QED) is 0.343. The number of β-amino-alcohol motifs (C(OH)–C–C–N with tert-alkyl or cyclic N) is 1. The molecule has 14 heteroatoms. The van der Waals surface area contributed by atoms with E-state index in [-0.39, 0.29) is 45.7 Å². The number of aliphatic hydroxyl groups is 1. The summed E-state index contributed by atoms with van der Waals surface area (Å²) in [5.41, 5.74) is 1.09. The van der Waals surface area contributed by atoms with Crippen molar-refractivity contribution >= 4 is 41.2 Å². The highest BCUT2D eigenvalue weighted by molar-refractivity contribution is 6.31. The molecule has 1 aromatic carbocycles. The zero-order valence-corrected chi connectivity index (χ0v) is 20.1. The van der Waals surface area contributed by atoms with E-state index in [9.17, 15) is 18.7 Å². The predicted octanol–water partition coefficient (Wildman–Crippen LogP) is 3.42. The van der Waals surface area contributed by atoms with Crippen LogP contribution in [0.5, 0.6) is 5.75 Å². The number of hydrogen-bond acceptors (Lipinski definition) is 7. The van der Waals surface area contributed by atoms with Gasteiger partial charge in [0.15, 0.2) is 5.65 Å². The molecule has 1 amide bonds. The van der Waals surface area contributed by atoms with E-state index >= 15 is 0 Å². The Balaban J connectivity index is 0.00000304. The van der Waals surface area contributed by atoms with Gasteiger partial charge in [0.2, 0.25) is 0 Å². The third-order valence-corrected chi connectivity index (χ3v) is 5.91. The fourth-order valence-corrected chi connectivity index (χ4v) is 4.22. The summed E-state index contributed by atoms with van der Waals surface area (Å²) in [6.45, 7) is -2.05. The van der Waals surface area contributed by atoms with Crippen molar-refractivity contribution in [3.8, 4) is 17.0 Å². The Bertz CT molecular complexity index is 1380. The van der Waals surface area contributed by atoms with Crippen molar-refractivity contribution in [1.29, 1.82) is 0 Å². The third-order valence-electron chi connectivity index (χ3n) is 5.67. The standard InChI is InChI=1S/C22H20ClF2N7O3.ClH/c23-12-2-3-18(35-22(24)25)13(8-12)19-15(11-32(30-19)16-4-6-26-10-17(16)33)29-21(34)14-9-28-31-7-1-5-27-20(14)31;/h1-3,5,7-9,11,16-17,22,26,33H,4,6,10H2,(H,29,34);1H/t16-,17-;/m1./s1. The first-order valence-electron chi connectivity index (χ1n) is 10.7. The molecule has 0 radical (unpaired) electrons. The van der Waals surface area contributed by atoms with Crippen LogP contribution < -0.4 is 15.4 Å². The number of carbonyl (C=O) groups excluding carboxylic acids is 1. The van der Waals surface area contributed by atoms with E-state index in [0.717, 1.165) is 0 Å². The highest BCUT2D eigenvalue weighted by Crippen LogP contribution is 2.38. The Kier molecular flexibility index (Phi) is 7.69. The number of nitrogens with zero attached hydrogens (tertiary/aromatic N) is 5. The summed E-state index contributed by atoms with van der Waals surface area (Å²) in [7, 11) is 0. The molecule has 0 bridgehead atoms. The number of rotatable bonds is 6. The van der Waals surface area contributed by atoms with Gasteiger partial charge in [-0.2, -0.15) is 19.0 Å². The van der Waals surface area contributed by atoms with Crippen LogP contribution in [0.3, 0.4) is 0 Å². The zero-order valence-electron chi connectivity index (χ0n) is 18.5. The van der Waals surface area contributed by atoms with E-state index in [4.69, 9.17) is 11.6 Å². The summed E-state index contributed by atoms with van der Waals surface area (Å²) < 4.78 is 33.9. The minimum Gasteiger partial charge on any atom is -0.434 e. The van der Waals surface area contributed by atoms with Crippen LogP contribution in [-0.4, -0.2) is 61.2 Å². The first-order valence-corrected chi connectivity index (χ1v) is 11.1. The van der Waals surface area contributed by atoms with E-state index in [1.54, 1.807) is 18.5 Å². The van der Waals surface area contributed by atoms with Gasteiger partial charge in [-0.05, 0) is 37.2 Å². The number of alkyl halides is 2. The SMILES string of the molecule is Cl.O=C(Nc1cn([C@@H]2CCNC[C@H]2O)nc1-c1cc(Cl)ccc1OC(F)F)c1cnn2cccnc12. The molecule has 10 nitrogen and oxygen atoms in total. The van der Waals surface area contributed by atoms with Gasteiger partial charge in [-0.1, -0.05) is 11.6 Å². The molecule has 3 aromatic heterocycles. The molecule has 5 rings (SSSR count). The first kappa shape index (κ1) is 25.8. The van der Waals surface area contributed by atoms with Crippen molar-refractivity contribution < 1.29 is 23.4 Å². The Labute approximate surface area is 214 Å². The van der Waals surface area contributed by atoms with Gasteiger partial charge in [-0.3, -0.25) is 9.48 Å². The summed E-state index contributed by atoms with van der Waals surface area (Å²) in [5.74, 6) is -0.683. The number of nitrogens with one attached hydrogen (secondary N) is 2. The van der Waals surface area contributed by atoms with Crippen molar-refractivity contribution in [2.45, 2.75) is 25.2 Å². The summed E-state index contributed by atoms with van der Waals surface area (Å²) in [5, 5.41) is 25.3. The minimum atomic E-state index is -3.08. The van der Waals surface area contributed by atoms with Crippen LogP contribution in [-0.2, 0) is 0 Å². The molecular formula is C22H21Cl2F2N7O3. The minimum absolute atomic E-state index is 0. The average Bonchev–Trinajstić information content (AvgIpc) is 3.45. The molecule has 36 heavy (non-hydrogen) atoms. The largest absolute Gasteiger partial charge is 0.434 e. The number of halogens is 4. The molecule has 1 aliphatic rings. The summed E-state index contributed by atoms with van der Waals surface area (Å²) in [4.78, 5) is 17.4. The highest BCUT2D eigenvalue weighted by atomic mass is 35.5. The van der Waals surface area contributed by atoms with Crippen molar-refractivity contribution in [3.63, 3.8) is 0 Å². The molecular weight excluding hydrogens is 519 g/mol. The van der Waals surface area contributed by atoms with E-state index in [1.807, 2.05) is 0 Å². The molecule has 3 N–H and O–H groups in total. The van der Waals surface area contributed by atoms with Gasteiger partial charge in [-0.15, -0.1) is 12.4 Å². The maximum absolute atomic E-state index is 13.2. The van der Waals surface area contributed by atoms with Gasteiger partial charge in [-0.25, -0.2) is 9.50 Å². The molecule has 0 aliphatic carbocycles. The summed E-state index contributed by atoms with van der Waals surface area (Å²) in [6, 6.07) is 5.44. The molecule has 1 aliphatic heterocycles. The Morgan fingerprint density at radius 2 is 2.19 bits per heavy atom. The van der Waals surface area contributed by atoms with Crippen LogP contribution >= 0.6 is 24.0 Å². The predicted molar refractivity (Wildman–Crippen MR) is 130 cm³/mol. The normalized spacial score (nSPS) is 17.7. The summed E-state index contributed by atoms with van der Waals surface area (Å²) >= 11 is 6.15. The Morgan fingerprint density at radius 1 is 1.36 bits per heavy atom. The second kappa shape index (κ2) is 10.7. The van der Waals surface area contributed by atoms with Gasteiger partial charge < -0.3 is 20.5 Å². The van der Waals surface area contributed by atoms with Crippen LogP contribution in [0.4, 0.5) is 14.5 Å². The van der Waals surface area contributed by atoms with E-state index in [2.05, 4.69) is 30.6 Å². The molecule has 1 fully saturated rings. The first-order chi connectivity index (χ1) is 16.9. The van der Waals surface area contributed by atoms with E-state index in [1.165, 1.54) is 39.8 Å². The van der Waals surface area contributed by atoms with E-state index < -0.39 is 24.7 Å². The Hall–Kier alpha value is -3.32. The number of benzene rings is 1. The maximum atomic E-state index is 13.2. The number of fused-ring (bicyclic) bond motifs is 1. The summed E-state index contributed by atoms with van der Waals surface area (Å²) in [6.07, 6.45) is 5.96. The molecule has 0 saturated carbocycles. The molecule has 190 valence electrons. The molecule has 1 saturated heterocycles. The molecule has 4 heterocycles. The van der Waals surface area contributed by atoms with Gasteiger partial charge in [0.05, 0.1) is 24.0 Å². The number of amides is 1. The number of ether oxygens (including phenoxy) is 1. The number of aromatic nitrogens is 5. The average molecular weight is 540 g/mol. The second-order valence-corrected chi connectivity index (χ2v) is 8.35. The number of hydrogen-bond donors (Lipinski definition) is 3. The van der Waals surface area contributed by atoms with Crippen molar-refractivity contribution in [2.75, 3.05) is 18.4 Å². The van der Waals surface area contributed by atoms with Crippen LogP contribution in [0, 0.1) is 0 Å². The molecule has 0 unspecified atom stereocenters. The number of carbonyl (C=O) groups is 1. The number of piperidine rings is 1. The third kappa shape index (κ3) is 5.12. The van der Waals surface area contributed by atoms with Crippen molar-refractivity contribution in [3.05, 3.63) is 59.6 Å². The lowest BCUT2D eigenvalue weighted by Gasteiger charge is -2.28. The fraction of sp³-hybridized carbons (Fsp3) is 0.273. The van der Waals surface area contributed by atoms with Crippen LogP contribution in [0.2, 0.25) is 5.02 Å². The zero-order chi connectivity index (χ0) is 24.5. The maximum Gasteiger partial charge on any atom is 0.387 e. The lowest BCUT2D eigenvalue weighted by atomic mass is 10.0. The topological polar surface area (TPSA) is 119 Å². The van der Waals surface area contributed by atoms with E-state index in [0.29, 0.717) is 25.2 Å². The van der Waals surface area contributed by atoms with Gasteiger partial charge in [0, 0.05) is 35.7 Å². The highest BCUT2D eigenvalue weighted by Gasteiger charge is 2.28. The lowest BCUT2D eigenvalue weighted by molar-refractivity contribution is -0.0494. The van der Waals surface area contributed by atoms with Gasteiger partial charge in [0.1, 0.15) is 17.0 Å². The van der Waals surface area contributed by atoms with Crippen LogP contribution in [0.25, 0.3) is 16.9 Å². The monoisotopic (exact) mass is 539 g/mol. The van der Waals surface area contributed by atoms with Crippen molar-refractivity contribution in [2.24, 2.45) is 0 Å². The number of aliphatic hydroxyl groups excluding tert-OH is 1. The fourth-order valence-electron chi connectivity index (χ4n) is 4.05. The van der Waals surface area contributed by atoms with Crippen LogP contribution in [0.1, 0.15) is 22.8 Å². The van der Waals surface area contributed by atoms with Crippen LogP contribution in [0.15, 0.2) is 49.1 Å². The second-order valence-electron chi connectivity index (χ2n) is 7.92.